The number of ether oxygens (including phenoxy) is 1. The predicted octanol–water partition coefficient (Wildman–Crippen LogP) is 3.99. The zero-order chi connectivity index (χ0) is 15.9. The Hall–Kier alpha value is -1.71. The summed E-state index contributed by atoms with van der Waals surface area (Å²) < 4.78 is 5.86. The standard InChI is InChI=1S/C17H18ClNO.CH4O/c18-16-14-9-5-4-8-13(14)10-15(19)17(16)20-11-12-6-2-1-3-7-12;1-2/h1-3,6-7,10H,4-5,8-9,11,19H2;2H,1H3. The zero-order valence-electron chi connectivity index (χ0n) is 12.8. The molecule has 0 atom stereocenters. The summed E-state index contributed by atoms with van der Waals surface area (Å²) in [7, 11) is 1.00. The molecule has 0 saturated carbocycles. The average Bonchev–Trinajstić information content (AvgIpc) is 2.57. The number of aliphatic hydroxyl groups excluding tert-OH is 1. The molecule has 2 aromatic rings. The van der Waals surface area contributed by atoms with E-state index in [1.54, 1.807) is 0 Å². The van der Waals surface area contributed by atoms with Crippen LogP contribution in [0.5, 0.6) is 5.75 Å². The first-order valence-corrected chi connectivity index (χ1v) is 7.84. The van der Waals surface area contributed by atoms with Crippen LogP contribution in [0.3, 0.4) is 0 Å². The lowest BCUT2D eigenvalue weighted by molar-refractivity contribution is 0.307. The van der Waals surface area contributed by atoms with Crippen LogP contribution < -0.4 is 10.5 Å². The van der Waals surface area contributed by atoms with Gasteiger partial charge in [-0.05, 0) is 48.4 Å². The summed E-state index contributed by atoms with van der Waals surface area (Å²) in [6.45, 7) is 0.490. The summed E-state index contributed by atoms with van der Waals surface area (Å²) in [5.41, 5.74) is 10.4. The van der Waals surface area contributed by atoms with Gasteiger partial charge in [0.15, 0.2) is 5.75 Å². The molecule has 4 heteroatoms. The van der Waals surface area contributed by atoms with Gasteiger partial charge in [-0.25, -0.2) is 0 Å². The smallest absolute Gasteiger partial charge is 0.161 e. The van der Waals surface area contributed by atoms with Crippen molar-refractivity contribution in [1.29, 1.82) is 0 Å². The molecule has 0 aromatic heterocycles. The number of nitrogen functional groups attached to an aromatic ring is 1. The molecule has 3 N–H and O–H groups in total. The number of nitrogens with two attached hydrogens (primary N) is 1. The van der Waals surface area contributed by atoms with Gasteiger partial charge in [-0.2, -0.15) is 0 Å². The predicted molar refractivity (Wildman–Crippen MR) is 91.4 cm³/mol. The number of rotatable bonds is 3. The summed E-state index contributed by atoms with van der Waals surface area (Å²) in [5.74, 6) is 0.635. The topological polar surface area (TPSA) is 55.5 Å². The number of aliphatic hydroxyl groups is 1. The van der Waals surface area contributed by atoms with Crippen LogP contribution in [-0.2, 0) is 19.4 Å². The van der Waals surface area contributed by atoms with Crippen LogP contribution in [0.4, 0.5) is 5.69 Å². The highest BCUT2D eigenvalue weighted by Gasteiger charge is 2.19. The molecule has 1 aliphatic carbocycles. The Kier molecular flexibility index (Phi) is 6.10. The van der Waals surface area contributed by atoms with Crippen LogP contribution in [0.2, 0.25) is 5.02 Å². The van der Waals surface area contributed by atoms with Gasteiger partial charge in [0.1, 0.15) is 6.61 Å². The van der Waals surface area contributed by atoms with Gasteiger partial charge in [-0.1, -0.05) is 41.9 Å². The monoisotopic (exact) mass is 319 g/mol. The molecule has 2 aromatic carbocycles. The molecule has 3 rings (SSSR count). The lowest BCUT2D eigenvalue weighted by atomic mass is 9.91. The second-order valence-electron chi connectivity index (χ2n) is 5.23. The summed E-state index contributed by atoms with van der Waals surface area (Å²) in [4.78, 5) is 0. The van der Waals surface area contributed by atoms with Crippen LogP contribution in [-0.4, -0.2) is 12.2 Å². The summed E-state index contributed by atoms with van der Waals surface area (Å²) >= 11 is 6.49. The van der Waals surface area contributed by atoms with E-state index in [9.17, 15) is 0 Å². The van der Waals surface area contributed by atoms with E-state index in [4.69, 9.17) is 27.2 Å². The van der Waals surface area contributed by atoms with Gasteiger partial charge >= 0.3 is 0 Å². The summed E-state index contributed by atoms with van der Waals surface area (Å²) in [6, 6.07) is 12.1. The molecule has 0 radical (unpaired) electrons. The number of halogens is 1. The molecule has 22 heavy (non-hydrogen) atoms. The van der Waals surface area contributed by atoms with Gasteiger partial charge in [-0.3, -0.25) is 0 Å². The third-order valence-electron chi connectivity index (χ3n) is 3.79. The van der Waals surface area contributed by atoms with Crippen molar-refractivity contribution in [2.75, 3.05) is 12.8 Å². The summed E-state index contributed by atoms with van der Waals surface area (Å²) in [5, 5.41) is 7.70. The van der Waals surface area contributed by atoms with Gasteiger partial charge in [0.25, 0.3) is 0 Å². The average molecular weight is 320 g/mol. The lowest BCUT2D eigenvalue weighted by Crippen LogP contribution is -2.07. The van der Waals surface area contributed by atoms with Gasteiger partial charge in [0.05, 0.1) is 10.7 Å². The number of hydrogen-bond donors (Lipinski definition) is 2. The minimum Gasteiger partial charge on any atom is -0.485 e. The summed E-state index contributed by atoms with van der Waals surface area (Å²) in [6.07, 6.45) is 4.50. The number of hydrogen-bond acceptors (Lipinski definition) is 3. The molecule has 0 unspecified atom stereocenters. The Balaban J connectivity index is 0.000000847. The van der Waals surface area contributed by atoms with E-state index >= 15 is 0 Å². The van der Waals surface area contributed by atoms with Crippen molar-refractivity contribution < 1.29 is 9.84 Å². The molecule has 3 nitrogen and oxygen atoms in total. The van der Waals surface area contributed by atoms with Crippen molar-refractivity contribution in [1.82, 2.24) is 0 Å². The third-order valence-corrected chi connectivity index (χ3v) is 4.19. The maximum atomic E-state index is 7.00. The quantitative estimate of drug-likeness (QED) is 0.841. The van der Waals surface area contributed by atoms with Crippen molar-refractivity contribution in [2.24, 2.45) is 0 Å². The first kappa shape index (κ1) is 16.7. The minimum absolute atomic E-state index is 0.490. The van der Waals surface area contributed by atoms with Gasteiger partial charge in [0.2, 0.25) is 0 Å². The molecule has 0 amide bonds. The largest absolute Gasteiger partial charge is 0.485 e. The van der Waals surface area contributed by atoms with Crippen LogP contribution in [0.15, 0.2) is 36.4 Å². The fourth-order valence-corrected chi connectivity index (χ4v) is 3.11. The molecule has 0 bridgehead atoms. The SMILES string of the molecule is CO.Nc1cc2c(c(Cl)c1OCc1ccccc1)CCCC2. The van der Waals surface area contributed by atoms with Crippen LogP contribution in [0.25, 0.3) is 0 Å². The van der Waals surface area contributed by atoms with E-state index in [2.05, 4.69) is 0 Å². The molecule has 0 saturated heterocycles. The Morgan fingerprint density at radius 3 is 2.55 bits per heavy atom. The molecule has 1 aliphatic rings. The number of aryl methyl sites for hydroxylation is 1. The normalized spacial score (nSPS) is 12.9. The van der Waals surface area contributed by atoms with Gasteiger partial charge in [0, 0.05) is 7.11 Å². The van der Waals surface area contributed by atoms with E-state index in [1.807, 2.05) is 36.4 Å². The van der Waals surface area contributed by atoms with Crippen molar-refractivity contribution in [2.45, 2.75) is 32.3 Å². The van der Waals surface area contributed by atoms with Crippen molar-refractivity contribution in [3.63, 3.8) is 0 Å². The number of fused-ring (bicyclic) bond motifs is 1. The van der Waals surface area contributed by atoms with Crippen LogP contribution >= 0.6 is 11.6 Å². The molecular weight excluding hydrogens is 298 g/mol. The Morgan fingerprint density at radius 2 is 1.82 bits per heavy atom. The highest BCUT2D eigenvalue weighted by Crippen LogP contribution is 2.40. The fraction of sp³-hybridized carbons (Fsp3) is 0.333. The second kappa shape index (κ2) is 8.06. The van der Waals surface area contributed by atoms with E-state index in [-0.39, 0.29) is 0 Å². The Labute approximate surface area is 136 Å². The van der Waals surface area contributed by atoms with Gasteiger partial charge < -0.3 is 15.6 Å². The van der Waals surface area contributed by atoms with Crippen LogP contribution in [0, 0.1) is 0 Å². The Bertz CT molecular complexity index is 614. The maximum absolute atomic E-state index is 7.00. The Morgan fingerprint density at radius 1 is 1.14 bits per heavy atom. The van der Waals surface area contributed by atoms with E-state index in [1.165, 1.54) is 24.0 Å². The zero-order valence-corrected chi connectivity index (χ0v) is 13.6. The molecule has 0 heterocycles. The molecule has 0 aliphatic heterocycles. The van der Waals surface area contributed by atoms with Crippen LogP contribution in [0.1, 0.15) is 29.5 Å². The number of anilines is 1. The molecule has 0 spiro atoms. The molecule has 118 valence electrons. The van der Waals surface area contributed by atoms with E-state index in [0.29, 0.717) is 23.1 Å². The fourth-order valence-electron chi connectivity index (χ4n) is 2.73. The van der Waals surface area contributed by atoms with Crippen molar-refractivity contribution in [3.8, 4) is 5.75 Å². The third kappa shape index (κ3) is 3.73. The highest BCUT2D eigenvalue weighted by atomic mass is 35.5. The maximum Gasteiger partial charge on any atom is 0.161 e. The van der Waals surface area contributed by atoms with Crippen molar-refractivity contribution >= 4 is 17.3 Å². The van der Waals surface area contributed by atoms with E-state index in [0.717, 1.165) is 25.5 Å². The molecular formula is C18H22ClNO2. The first-order chi connectivity index (χ1) is 10.8. The second-order valence-corrected chi connectivity index (χ2v) is 5.61. The highest BCUT2D eigenvalue weighted by molar-refractivity contribution is 6.33. The van der Waals surface area contributed by atoms with E-state index < -0.39 is 0 Å². The molecule has 0 fully saturated rings. The van der Waals surface area contributed by atoms with Gasteiger partial charge in [-0.15, -0.1) is 0 Å². The first-order valence-electron chi connectivity index (χ1n) is 7.47. The lowest BCUT2D eigenvalue weighted by Gasteiger charge is -2.21. The van der Waals surface area contributed by atoms with Crippen molar-refractivity contribution in [3.05, 3.63) is 58.1 Å². The minimum atomic E-state index is 0.490. The number of benzene rings is 2.